The van der Waals surface area contributed by atoms with Crippen molar-refractivity contribution >= 4 is 23.1 Å². The van der Waals surface area contributed by atoms with E-state index in [2.05, 4.69) is 23.7 Å². The molecule has 0 bridgehead atoms. The average molecular weight is 486 g/mol. The van der Waals surface area contributed by atoms with Crippen LogP contribution in [0.15, 0.2) is 72.6 Å². The number of carbonyl (C=O) groups excluding carboxylic acids is 2. The van der Waals surface area contributed by atoms with Gasteiger partial charge in [-0.05, 0) is 79.9 Å². The van der Waals surface area contributed by atoms with Crippen molar-refractivity contribution in [1.82, 2.24) is 9.88 Å². The maximum atomic E-state index is 13.3. The van der Waals surface area contributed by atoms with E-state index in [1.807, 2.05) is 43.3 Å². The molecule has 1 N–H and O–H groups in total. The van der Waals surface area contributed by atoms with E-state index in [9.17, 15) is 14.7 Å². The Hall–Kier alpha value is -4.13. The lowest BCUT2D eigenvalue weighted by atomic mass is 9.94. The number of rotatable bonds is 8. The highest BCUT2D eigenvalue weighted by atomic mass is 16.5. The minimum atomic E-state index is -0.730. The first-order chi connectivity index (χ1) is 17.4. The number of likely N-dealkylation sites (tertiary alicyclic amines) is 1. The van der Waals surface area contributed by atoms with Crippen molar-refractivity contribution in [1.29, 1.82) is 0 Å². The summed E-state index contributed by atoms with van der Waals surface area (Å²) in [4.78, 5) is 34.4. The Morgan fingerprint density at radius 2 is 1.69 bits per heavy atom. The number of aromatic nitrogens is 1. The number of ether oxygens (including phenoxy) is 1. The fourth-order valence-electron chi connectivity index (χ4n) is 4.71. The van der Waals surface area contributed by atoms with Crippen molar-refractivity contribution in [3.63, 3.8) is 0 Å². The monoisotopic (exact) mass is 485 g/mol. The number of carbonyl (C=O) groups is 2. The van der Waals surface area contributed by atoms with Crippen molar-refractivity contribution in [2.75, 3.05) is 25.1 Å². The second-order valence-electron chi connectivity index (χ2n) is 8.73. The van der Waals surface area contributed by atoms with Gasteiger partial charge in [0, 0.05) is 43.3 Å². The second kappa shape index (κ2) is 10.6. The molecule has 3 aromatic rings. The number of hydrogen-bond donors (Lipinski definition) is 1. The van der Waals surface area contributed by atoms with Crippen molar-refractivity contribution in [3.05, 3.63) is 94.8 Å². The second-order valence-corrected chi connectivity index (χ2v) is 8.73. The average Bonchev–Trinajstić information content (AvgIpc) is 3.15. The fourth-order valence-corrected chi connectivity index (χ4v) is 4.71. The predicted octanol–water partition coefficient (Wildman–Crippen LogP) is 4.87. The Morgan fingerprint density at radius 1 is 1.03 bits per heavy atom. The van der Waals surface area contributed by atoms with Crippen LogP contribution in [0, 0.1) is 6.92 Å². The van der Waals surface area contributed by atoms with Crippen molar-refractivity contribution in [3.8, 4) is 5.75 Å². The largest absolute Gasteiger partial charge is 0.507 e. The molecule has 4 rings (SSSR count). The smallest absolute Gasteiger partial charge is 0.295 e. The highest BCUT2D eigenvalue weighted by Crippen LogP contribution is 2.41. The van der Waals surface area contributed by atoms with Gasteiger partial charge in [-0.15, -0.1) is 0 Å². The molecule has 2 heterocycles. The molecule has 1 saturated heterocycles. The summed E-state index contributed by atoms with van der Waals surface area (Å²) in [5, 5.41) is 11.4. The number of pyridine rings is 1. The van der Waals surface area contributed by atoms with Gasteiger partial charge in [-0.1, -0.05) is 12.1 Å². The third kappa shape index (κ3) is 4.69. The number of aryl methyl sites for hydroxylation is 1. The Morgan fingerprint density at radius 3 is 2.28 bits per heavy atom. The molecular formula is C29H31N3O4. The van der Waals surface area contributed by atoms with Crippen LogP contribution in [0.5, 0.6) is 5.75 Å². The zero-order valence-electron chi connectivity index (χ0n) is 21.1. The summed E-state index contributed by atoms with van der Waals surface area (Å²) in [7, 11) is 1.58. The van der Waals surface area contributed by atoms with Crippen LogP contribution in [0.25, 0.3) is 5.76 Å². The molecule has 0 radical (unpaired) electrons. The Labute approximate surface area is 211 Å². The standard InChI is InChI=1S/C29H31N3O4/c1-5-31(6-2)23-10-7-21(8-11-23)26-25(27(33)22-9-12-24(36-4)19(3)17-22)28(34)29(35)32(26)18-20-13-15-30-16-14-20/h7-17,26,33H,5-6,18H2,1-4H3/b27-25-. The Bertz CT molecular complexity index is 1280. The number of Topliss-reactive ketones (excluding diaryl/α,β-unsaturated/α-hetero) is 1. The van der Waals surface area contributed by atoms with Crippen molar-refractivity contribution in [2.24, 2.45) is 0 Å². The molecule has 1 amide bonds. The number of aliphatic hydroxyl groups excluding tert-OH is 1. The molecule has 7 nitrogen and oxygen atoms in total. The predicted molar refractivity (Wildman–Crippen MR) is 140 cm³/mol. The molecule has 7 heteroatoms. The zero-order chi connectivity index (χ0) is 25.8. The minimum Gasteiger partial charge on any atom is -0.507 e. The first-order valence-corrected chi connectivity index (χ1v) is 12.1. The highest BCUT2D eigenvalue weighted by Gasteiger charge is 2.46. The summed E-state index contributed by atoms with van der Waals surface area (Å²) in [5.41, 5.74) is 4.00. The van der Waals surface area contributed by atoms with E-state index < -0.39 is 17.7 Å². The molecule has 1 fully saturated rings. The van der Waals surface area contributed by atoms with Gasteiger partial charge in [-0.25, -0.2) is 0 Å². The molecule has 1 aliphatic rings. The minimum absolute atomic E-state index is 0.0780. The molecule has 0 spiro atoms. The van der Waals surface area contributed by atoms with E-state index in [1.54, 1.807) is 37.7 Å². The van der Waals surface area contributed by atoms with Crippen LogP contribution in [0.4, 0.5) is 5.69 Å². The third-order valence-corrected chi connectivity index (χ3v) is 6.65. The van der Waals surface area contributed by atoms with Gasteiger partial charge in [0.05, 0.1) is 18.7 Å². The van der Waals surface area contributed by atoms with E-state index in [1.165, 1.54) is 4.90 Å². The molecule has 1 atom stereocenters. The zero-order valence-corrected chi connectivity index (χ0v) is 21.1. The molecule has 0 aliphatic carbocycles. The first kappa shape index (κ1) is 25.0. The normalized spacial score (nSPS) is 16.9. The van der Waals surface area contributed by atoms with Crippen LogP contribution in [0.3, 0.4) is 0 Å². The molecule has 186 valence electrons. The summed E-state index contributed by atoms with van der Waals surface area (Å²) < 4.78 is 5.33. The summed E-state index contributed by atoms with van der Waals surface area (Å²) in [6, 6.07) is 15.9. The van der Waals surface area contributed by atoms with E-state index in [-0.39, 0.29) is 17.9 Å². The van der Waals surface area contributed by atoms with Gasteiger partial charge < -0.3 is 19.6 Å². The molecule has 36 heavy (non-hydrogen) atoms. The lowest BCUT2D eigenvalue weighted by Gasteiger charge is -2.27. The summed E-state index contributed by atoms with van der Waals surface area (Å²) in [6.45, 7) is 8.01. The van der Waals surface area contributed by atoms with Crippen LogP contribution < -0.4 is 9.64 Å². The molecule has 1 aliphatic heterocycles. The van der Waals surface area contributed by atoms with Gasteiger partial charge in [0.2, 0.25) is 0 Å². The number of amides is 1. The van der Waals surface area contributed by atoms with Crippen LogP contribution in [0.2, 0.25) is 0 Å². The summed E-state index contributed by atoms with van der Waals surface area (Å²) in [5.74, 6) is -0.869. The molecular weight excluding hydrogens is 454 g/mol. The summed E-state index contributed by atoms with van der Waals surface area (Å²) >= 11 is 0. The number of benzene rings is 2. The highest BCUT2D eigenvalue weighted by molar-refractivity contribution is 6.46. The molecule has 1 unspecified atom stereocenters. The van der Waals surface area contributed by atoms with Crippen LogP contribution in [0.1, 0.15) is 42.1 Å². The van der Waals surface area contributed by atoms with Gasteiger partial charge in [0.25, 0.3) is 11.7 Å². The van der Waals surface area contributed by atoms with Gasteiger partial charge in [0.1, 0.15) is 11.5 Å². The number of aliphatic hydroxyl groups is 1. The number of ketones is 1. The SMILES string of the molecule is CCN(CC)c1ccc(C2/C(=C(/O)c3ccc(OC)c(C)c3)C(=O)C(=O)N2Cc2ccncc2)cc1. The quantitative estimate of drug-likeness (QED) is 0.279. The van der Waals surface area contributed by atoms with Crippen molar-refractivity contribution < 1.29 is 19.4 Å². The van der Waals surface area contributed by atoms with Gasteiger partial charge in [-0.3, -0.25) is 14.6 Å². The van der Waals surface area contributed by atoms with Gasteiger partial charge in [-0.2, -0.15) is 0 Å². The summed E-state index contributed by atoms with van der Waals surface area (Å²) in [6.07, 6.45) is 3.31. The fraction of sp³-hybridized carbons (Fsp3) is 0.276. The number of methoxy groups -OCH3 is 1. The Balaban J connectivity index is 1.84. The first-order valence-electron chi connectivity index (χ1n) is 12.1. The maximum absolute atomic E-state index is 13.3. The van der Waals surface area contributed by atoms with E-state index >= 15 is 0 Å². The molecule has 2 aromatic carbocycles. The maximum Gasteiger partial charge on any atom is 0.295 e. The molecule has 0 saturated carbocycles. The van der Waals surface area contributed by atoms with Crippen LogP contribution in [-0.4, -0.2) is 46.9 Å². The number of hydrogen-bond acceptors (Lipinski definition) is 6. The molecule has 1 aromatic heterocycles. The van der Waals surface area contributed by atoms with E-state index in [4.69, 9.17) is 4.74 Å². The van der Waals surface area contributed by atoms with Crippen LogP contribution >= 0.6 is 0 Å². The number of anilines is 1. The van der Waals surface area contributed by atoms with Gasteiger partial charge >= 0.3 is 0 Å². The van der Waals surface area contributed by atoms with Crippen LogP contribution in [-0.2, 0) is 16.1 Å². The van der Waals surface area contributed by atoms with E-state index in [0.717, 1.165) is 35.5 Å². The topological polar surface area (TPSA) is 83.0 Å². The lowest BCUT2D eigenvalue weighted by molar-refractivity contribution is -0.140. The third-order valence-electron chi connectivity index (χ3n) is 6.65. The van der Waals surface area contributed by atoms with E-state index in [0.29, 0.717) is 11.3 Å². The lowest BCUT2D eigenvalue weighted by Crippen LogP contribution is -2.29. The van der Waals surface area contributed by atoms with Gasteiger partial charge in [0.15, 0.2) is 0 Å². The van der Waals surface area contributed by atoms with Crippen molar-refractivity contribution in [2.45, 2.75) is 33.4 Å². The Kier molecular flexibility index (Phi) is 7.38. The number of nitrogens with zero attached hydrogens (tertiary/aromatic N) is 3.